The summed E-state index contributed by atoms with van der Waals surface area (Å²) in [6, 6.07) is 14.9. The van der Waals surface area contributed by atoms with Gasteiger partial charge >= 0.3 is 0 Å². The topological polar surface area (TPSA) is 60.2 Å². The zero-order valence-electron chi connectivity index (χ0n) is 15.6. The Labute approximate surface area is 168 Å². The van der Waals surface area contributed by atoms with E-state index in [-0.39, 0.29) is 11.7 Å². The van der Waals surface area contributed by atoms with Gasteiger partial charge < -0.3 is 9.64 Å². The molecular weight excluding hydrogens is 376 g/mol. The van der Waals surface area contributed by atoms with Crippen molar-refractivity contribution >= 4 is 17.5 Å². The first-order chi connectivity index (χ1) is 13.7. The predicted molar refractivity (Wildman–Crippen MR) is 108 cm³/mol. The summed E-state index contributed by atoms with van der Waals surface area (Å²) >= 11 is 6.17. The third kappa shape index (κ3) is 3.73. The second-order valence-electron chi connectivity index (χ2n) is 6.73. The van der Waals surface area contributed by atoms with Crippen LogP contribution < -0.4 is 4.74 Å². The summed E-state index contributed by atoms with van der Waals surface area (Å²) in [5.74, 6) is 1.41. The first kappa shape index (κ1) is 18.5. The van der Waals surface area contributed by atoms with Gasteiger partial charge in [-0.05, 0) is 61.7 Å². The molecule has 4 rings (SSSR count). The van der Waals surface area contributed by atoms with Gasteiger partial charge in [-0.15, -0.1) is 5.10 Å². The number of piperidine rings is 1. The van der Waals surface area contributed by atoms with E-state index in [4.69, 9.17) is 16.3 Å². The van der Waals surface area contributed by atoms with Crippen LogP contribution >= 0.6 is 11.6 Å². The van der Waals surface area contributed by atoms with Crippen LogP contribution in [0.5, 0.6) is 5.75 Å². The third-order valence-electron chi connectivity index (χ3n) is 4.84. The molecule has 0 bridgehead atoms. The summed E-state index contributed by atoms with van der Waals surface area (Å²) in [5.41, 5.74) is 1.59. The second kappa shape index (κ2) is 8.02. The molecule has 0 N–H and O–H groups in total. The van der Waals surface area contributed by atoms with Crippen LogP contribution in [0.15, 0.2) is 48.5 Å². The number of methoxy groups -OCH3 is 1. The summed E-state index contributed by atoms with van der Waals surface area (Å²) in [6.45, 7) is 1.50. The van der Waals surface area contributed by atoms with E-state index in [0.29, 0.717) is 10.8 Å². The van der Waals surface area contributed by atoms with E-state index >= 15 is 0 Å². The van der Waals surface area contributed by atoms with Crippen molar-refractivity contribution in [3.8, 4) is 22.8 Å². The van der Waals surface area contributed by atoms with E-state index in [1.165, 1.54) is 0 Å². The van der Waals surface area contributed by atoms with Gasteiger partial charge in [0, 0.05) is 23.7 Å². The van der Waals surface area contributed by atoms with Gasteiger partial charge in [0.25, 0.3) is 5.91 Å². The van der Waals surface area contributed by atoms with Gasteiger partial charge in [-0.1, -0.05) is 17.7 Å². The SMILES string of the molecule is COc1ccc(-c2nc(C(=O)N3CCCCC3)nn2-c2cccc(Cl)c2)cc1. The van der Waals surface area contributed by atoms with Crippen LogP contribution in [0.4, 0.5) is 0 Å². The van der Waals surface area contributed by atoms with Gasteiger partial charge in [0.1, 0.15) is 5.75 Å². The van der Waals surface area contributed by atoms with Gasteiger partial charge in [-0.2, -0.15) is 0 Å². The summed E-state index contributed by atoms with van der Waals surface area (Å²) in [4.78, 5) is 19.4. The van der Waals surface area contributed by atoms with Gasteiger partial charge in [0.2, 0.25) is 5.82 Å². The van der Waals surface area contributed by atoms with Crippen LogP contribution in [-0.4, -0.2) is 45.8 Å². The fourth-order valence-corrected chi connectivity index (χ4v) is 3.54. The van der Waals surface area contributed by atoms with Crippen LogP contribution in [0.1, 0.15) is 29.9 Å². The molecule has 7 heteroatoms. The molecular formula is C21H21ClN4O2. The Balaban J connectivity index is 1.78. The van der Waals surface area contributed by atoms with Gasteiger partial charge in [0.05, 0.1) is 12.8 Å². The molecule has 0 atom stereocenters. The molecule has 2 heterocycles. The fourth-order valence-electron chi connectivity index (χ4n) is 3.36. The highest BCUT2D eigenvalue weighted by Crippen LogP contribution is 2.25. The van der Waals surface area contributed by atoms with Gasteiger partial charge in [-0.3, -0.25) is 4.79 Å². The number of nitrogens with zero attached hydrogens (tertiary/aromatic N) is 4. The number of rotatable bonds is 4. The zero-order valence-corrected chi connectivity index (χ0v) is 16.4. The Morgan fingerprint density at radius 1 is 1.07 bits per heavy atom. The Bertz CT molecular complexity index is 978. The van der Waals surface area contributed by atoms with Crippen molar-refractivity contribution in [1.82, 2.24) is 19.7 Å². The molecule has 0 radical (unpaired) electrons. The monoisotopic (exact) mass is 396 g/mol. The minimum Gasteiger partial charge on any atom is -0.497 e. The first-order valence-corrected chi connectivity index (χ1v) is 9.70. The normalized spacial score (nSPS) is 14.1. The molecule has 1 aromatic heterocycles. The Morgan fingerprint density at radius 3 is 2.50 bits per heavy atom. The van der Waals surface area contributed by atoms with E-state index in [1.807, 2.05) is 41.3 Å². The molecule has 1 saturated heterocycles. The van der Waals surface area contributed by atoms with E-state index < -0.39 is 0 Å². The number of hydrogen-bond acceptors (Lipinski definition) is 4. The lowest BCUT2D eigenvalue weighted by Gasteiger charge is -2.25. The average molecular weight is 397 g/mol. The Morgan fingerprint density at radius 2 is 1.82 bits per heavy atom. The number of amides is 1. The van der Waals surface area contributed by atoms with Gasteiger partial charge in [-0.25, -0.2) is 9.67 Å². The lowest BCUT2D eigenvalue weighted by Crippen LogP contribution is -2.36. The number of halogens is 1. The quantitative estimate of drug-likeness (QED) is 0.662. The maximum Gasteiger partial charge on any atom is 0.293 e. The second-order valence-corrected chi connectivity index (χ2v) is 7.17. The lowest BCUT2D eigenvalue weighted by molar-refractivity contribution is 0.0712. The summed E-state index contributed by atoms with van der Waals surface area (Å²) in [6.07, 6.45) is 3.20. The van der Waals surface area contributed by atoms with Crippen LogP contribution in [0, 0.1) is 0 Å². The zero-order chi connectivity index (χ0) is 19.5. The standard InChI is InChI=1S/C21H21ClN4O2/c1-28-18-10-8-15(9-11-18)20-23-19(21(27)25-12-3-2-4-13-25)24-26(20)17-7-5-6-16(22)14-17/h5-11,14H,2-4,12-13H2,1H3. The van der Waals surface area contributed by atoms with E-state index in [9.17, 15) is 4.79 Å². The van der Waals surface area contributed by atoms with Gasteiger partial charge in [0.15, 0.2) is 5.82 Å². The summed E-state index contributed by atoms with van der Waals surface area (Å²) < 4.78 is 6.91. The maximum absolute atomic E-state index is 12.9. The van der Waals surface area contributed by atoms with Crippen molar-refractivity contribution in [1.29, 1.82) is 0 Å². The molecule has 0 unspecified atom stereocenters. The molecule has 28 heavy (non-hydrogen) atoms. The third-order valence-corrected chi connectivity index (χ3v) is 5.08. The van der Waals surface area contributed by atoms with Crippen LogP contribution in [0.3, 0.4) is 0 Å². The maximum atomic E-state index is 12.9. The molecule has 6 nitrogen and oxygen atoms in total. The number of benzene rings is 2. The smallest absolute Gasteiger partial charge is 0.293 e. The molecule has 1 amide bonds. The molecule has 0 saturated carbocycles. The molecule has 1 aliphatic heterocycles. The predicted octanol–water partition coefficient (Wildman–Crippen LogP) is 4.22. The van der Waals surface area contributed by atoms with E-state index in [2.05, 4.69) is 10.1 Å². The summed E-state index contributed by atoms with van der Waals surface area (Å²) in [7, 11) is 1.62. The molecule has 1 fully saturated rings. The van der Waals surface area contributed by atoms with Crippen LogP contribution in [0.2, 0.25) is 5.02 Å². The van der Waals surface area contributed by atoms with Crippen molar-refractivity contribution in [2.75, 3.05) is 20.2 Å². The first-order valence-electron chi connectivity index (χ1n) is 9.32. The lowest BCUT2D eigenvalue weighted by atomic mass is 10.1. The number of aromatic nitrogens is 3. The Hall–Kier alpha value is -2.86. The van der Waals surface area contributed by atoms with Crippen molar-refractivity contribution in [3.05, 3.63) is 59.4 Å². The largest absolute Gasteiger partial charge is 0.497 e. The molecule has 0 aliphatic carbocycles. The summed E-state index contributed by atoms with van der Waals surface area (Å²) in [5, 5.41) is 5.14. The number of likely N-dealkylation sites (tertiary alicyclic amines) is 1. The Kier molecular flexibility index (Phi) is 5.30. The molecule has 3 aromatic rings. The highest BCUT2D eigenvalue weighted by molar-refractivity contribution is 6.30. The molecule has 2 aromatic carbocycles. The van der Waals surface area contributed by atoms with Crippen molar-refractivity contribution in [2.24, 2.45) is 0 Å². The highest BCUT2D eigenvalue weighted by Gasteiger charge is 2.24. The van der Waals surface area contributed by atoms with E-state index in [0.717, 1.165) is 49.4 Å². The van der Waals surface area contributed by atoms with Crippen LogP contribution in [-0.2, 0) is 0 Å². The van der Waals surface area contributed by atoms with E-state index in [1.54, 1.807) is 23.9 Å². The number of carbonyl (C=O) groups excluding carboxylic acids is 1. The fraction of sp³-hybridized carbons (Fsp3) is 0.286. The number of carbonyl (C=O) groups is 1. The molecule has 1 aliphatic rings. The number of hydrogen-bond donors (Lipinski definition) is 0. The number of ether oxygens (including phenoxy) is 1. The minimum atomic E-state index is -0.129. The van der Waals surface area contributed by atoms with Crippen molar-refractivity contribution in [3.63, 3.8) is 0 Å². The van der Waals surface area contributed by atoms with Crippen molar-refractivity contribution in [2.45, 2.75) is 19.3 Å². The highest BCUT2D eigenvalue weighted by atomic mass is 35.5. The molecule has 144 valence electrons. The van der Waals surface area contributed by atoms with Crippen molar-refractivity contribution < 1.29 is 9.53 Å². The average Bonchev–Trinajstić information content (AvgIpc) is 3.19. The van der Waals surface area contributed by atoms with Crippen LogP contribution in [0.25, 0.3) is 17.1 Å². The molecule has 0 spiro atoms. The minimum absolute atomic E-state index is 0.129.